The Morgan fingerprint density at radius 1 is 0.618 bits per heavy atom. The lowest BCUT2D eigenvalue weighted by molar-refractivity contribution is 0.653. The summed E-state index contributed by atoms with van der Waals surface area (Å²) >= 11 is 3.25. The molecule has 0 fully saturated rings. The van der Waals surface area contributed by atoms with Crippen LogP contribution in [0.4, 0.5) is 0 Å². The highest BCUT2D eigenvalue weighted by molar-refractivity contribution is 7.17. The predicted molar refractivity (Wildman–Crippen MR) is 136 cm³/mol. The van der Waals surface area contributed by atoms with Gasteiger partial charge in [-0.3, -0.25) is 0 Å². The summed E-state index contributed by atoms with van der Waals surface area (Å²) in [6.07, 6.45) is 3.33. The molecule has 0 aliphatic heterocycles. The van der Waals surface area contributed by atoms with Crippen molar-refractivity contribution in [3.05, 3.63) is 67.4 Å². The molecule has 4 nitrogen and oxygen atoms in total. The molecule has 0 bridgehead atoms. The van der Waals surface area contributed by atoms with Crippen LogP contribution < -0.4 is 0 Å². The number of allylic oxidation sites excluding steroid dienone is 2. The molecule has 2 heterocycles. The molecule has 5 rings (SSSR count). The Kier molecular flexibility index (Phi) is 4.69. The maximum atomic E-state index is 9.15. The van der Waals surface area contributed by atoms with E-state index in [1.54, 1.807) is 34.8 Å². The van der Waals surface area contributed by atoms with Crippen LogP contribution in [0.3, 0.4) is 0 Å². The van der Waals surface area contributed by atoms with Gasteiger partial charge in [0.1, 0.15) is 35.4 Å². The van der Waals surface area contributed by atoms with E-state index in [4.69, 9.17) is 21.0 Å². The van der Waals surface area contributed by atoms with Gasteiger partial charge in [0.15, 0.2) is 0 Å². The zero-order valence-corrected chi connectivity index (χ0v) is 20.7. The molecular formula is C28H18N4S2. The van der Waals surface area contributed by atoms with Crippen molar-refractivity contribution in [3.63, 3.8) is 0 Å². The van der Waals surface area contributed by atoms with Crippen molar-refractivity contribution < 1.29 is 0 Å². The van der Waals surface area contributed by atoms with Crippen LogP contribution in [0.2, 0.25) is 0 Å². The van der Waals surface area contributed by atoms with Gasteiger partial charge in [0.2, 0.25) is 0 Å². The number of hydrogen-bond donors (Lipinski definition) is 0. The van der Waals surface area contributed by atoms with Crippen LogP contribution >= 0.6 is 22.7 Å². The van der Waals surface area contributed by atoms with Crippen LogP contribution in [0, 0.1) is 45.3 Å². The second kappa shape index (κ2) is 7.28. The summed E-state index contributed by atoms with van der Waals surface area (Å²) < 4.78 is 0. The van der Waals surface area contributed by atoms with E-state index in [0.717, 1.165) is 9.75 Å². The van der Waals surface area contributed by atoms with Crippen molar-refractivity contribution >= 4 is 34.8 Å². The van der Waals surface area contributed by atoms with E-state index in [-0.39, 0.29) is 22.0 Å². The molecule has 34 heavy (non-hydrogen) atoms. The highest BCUT2D eigenvalue weighted by Crippen LogP contribution is 2.59. The van der Waals surface area contributed by atoms with Crippen LogP contribution in [-0.4, -0.2) is 0 Å². The lowest BCUT2D eigenvalue weighted by Gasteiger charge is -2.24. The summed E-state index contributed by atoms with van der Waals surface area (Å²) in [5, 5.41) is 36.6. The molecule has 0 saturated heterocycles. The number of thiophene rings is 2. The first-order valence-corrected chi connectivity index (χ1v) is 12.3. The zero-order chi connectivity index (χ0) is 24.4. The highest BCUT2D eigenvalue weighted by Gasteiger charge is 2.43. The first-order valence-electron chi connectivity index (χ1n) is 10.7. The van der Waals surface area contributed by atoms with E-state index in [1.807, 2.05) is 24.3 Å². The fraction of sp³-hybridized carbons (Fsp3) is 0.214. The number of nitrogens with zero attached hydrogens (tertiary/aromatic N) is 4. The Morgan fingerprint density at radius 2 is 0.971 bits per heavy atom. The molecular weight excluding hydrogens is 456 g/mol. The first-order chi connectivity index (χ1) is 16.1. The quantitative estimate of drug-likeness (QED) is 0.364. The van der Waals surface area contributed by atoms with Crippen molar-refractivity contribution in [1.29, 1.82) is 21.0 Å². The van der Waals surface area contributed by atoms with Gasteiger partial charge in [-0.1, -0.05) is 27.7 Å². The van der Waals surface area contributed by atoms with Crippen LogP contribution in [0.15, 0.2) is 35.4 Å². The second-order valence-corrected chi connectivity index (χ2v) is 11.7. The third-order valence-corrected chi connectivity index (χ3v) is 9.13. The summed E-state index contributed by atoms with van der Waals surface area (Å²) in [5.41, 5.74) is 7.23. The molecule has 6 heteroatoms. The van der Waals surface area contributed by atoms with E-state index < -0.39 is 0 Å². The third kappa shape index (κ3) is 2.91. The van der Waals surface area contributed by atoms with E-state index in [2.05, 4.69) is 52.0 Å². The average Bonchev–Trinajstić information content (AvgIpc) is 3.52. The normalized spacial score (nSPS) is 14.8. The SMILES string of the molecule is CC1(C)c2cc3c(cc2-c2sc(C=C(C#N)C#N)cc21)C(C)(C)c1cc(C=C(C#N)C#N)sc1-3. The monoisotopic (exact) mass is 474 g/mol. The molecule has 3 aromatic rings. The molecule has 0 radical (unpaired) electrons. The molecule has 2 aliphatic carbocycles. The van der Waals surface area contributed by atoms with Gasteiger partial charge in [-0.05, 0) is 69.8 Å². The molecule has 2 aliphatic rings. The molecule has 0 N–H and O–H groups in total. The fourth-order valence-electron chi connectivity index (χ4n) is 5.05. The number of rotatable bonds is 2. The predicted octanol–water partition coefficient (Wildman–Crippen LogP) is 7.28. The number of fused-ring (bicyclic) bond motifs is 6. The molecule has 1 aromatic carbocycles. The molecule has 0 spiro atoms. The Balaban J connectivity index is 1.69. The summed E-state index contributed by atoms with van der Waals surface area (Å²) in [7, 11) is 0. The van der Waals surface area contributed by atoms with Crippen molar-refractivity contribution in [3.8, 4) is 45.2 Å². The summed E-state index contributed by atoms with van der Waals surface area (Å²) in [6.45, 7) is 8.87. The number of benzene rings is 1. The second-order valence-electron chi connectivity index (χ2n) is 9.54. The van der Waals surface area contributed by atoms with E-state index in [9.17, 15) is 0 Å². The van der Waals surface area contributed by atoms with Crippen LogP contribution in [0.1, 0.15) is 59.7 Å². The van der Waals surface area contributed by atoms with Gasteiger partial charge in [-0.25, -0.2) is 0 Å². The topological polar surface area (TPSA) is 95.2 Å². The van der Waals surface area contributed by atoms with Gasteiger partial charge < -0.3 is 0 Å². The van der Waals surface area contributed by atoms with Gasteiger partial charge in [-0.2, -0.15) is 21.0 Å². The van der Waals surface area contributed by atoms with Crippen molar-refractivity contribution in [1.82, 2.24) is 0 Å². The van der Waals surface area contributed by atoms with Crippen LogP contribution in [-0.2, 0) is 10.8 Å². The average molecular weight is 475 g/mol. The summed E-state index contributed by atoms with van der Waals surface area (Å²) in [6, 6.07) is 16.6. The third-order valence-electron chi connectivity index (χ3n) is 6.90. The lowest BCUT2D eigenvalue weighted by Crippen LogP contribution is -2.16. The fourth-order valence-corrected chi connectivity index (χ4v) is 7.64. The Morgan fingerprint density at radius 3 is 1.29 bits per heavy atom. The lowest BCUT2D eigenvalue weighted by atomic mass is 9.79. The first kappa shape index (κ1) is 21.9. The van der Waals surface area contributed by atoms with Gasteiger partial charge in [0.05, 0.1) is 0 Å². The molecule has 0 saturated carbocycles. The highest BCUT2D eigenvalue weighted by atomic mass is 32.1. The zero-order valence-electron chi connectivity index (χ0n) is 19.1. The number of hydrogen-bond acceptors (Lipinski definition) is 6. The molecule has 162 valence electrons. The van der Waals surface area contributed by atoms with Gasteiger partial charge in [0, 0.05) is 30.3 Å². The van der Waals surface area contributed by atoms with Gasteiger partial charge in [0.25, 0.3) is 0 Å². The maximum Gasteiger partial charge on any atom is 0.131 e. The summed E-state index contributed by atoms with van der Waals surface area (Å²) in [5.74, 6) is 0. The number of nitriles is 4. The Bertz CT molecular complexity index is 1490. The Labute approximate surface area is 206 Å². The molecule has 0 unspecified atom stereocenters. The molecule has 0 amide bonds. The van der Waals surface area contributed by atoms with E-state index >= 15 is 0 Å². The minimum absolute atomic E-state index is 0.110. The maximum absolute atomic E-state index is 9.15. The van der Waals surface area contributed by atoms with E-state index in [0.29, 0.717) is 0 Å². The van der Waals surface area contributed by atoms with Gasteiger partial charge >= 0.3 is 0 Å². The van der Waals surface area contributed by atoms with E-state index in [1.165, 1.54) is 43.1 Å². The van der Waals surface area contributed by atoms with Crippen LogP contribution in [0.5, 0.6) is 0 Å². The standard InChI is InChI=1S/C28H18N4S2/c1-27(2)21-9-20-22(10-19(21)25-23(27)7-17(33-25)5-15(11-29)12-30)28(3,4)24-8-18(34-26(20)24)6-16(13-31)14-32/h5-10H,1-4H3. The minimum Gasteiger partial charge on any atom is -0.192 e. The van der Waals surface area contributed by atoms with Crippen molar-refractivity contribution in [2.24, 2.45) is 0 Å². The molecule has 2 aromatic heterocycles. The van der Waals surface area contributed by atoms with Gasteiger partial charge in [-0.15, -0.1) is 22.7 Å². The summed E-state index contributed by atoms with van der Waals surface area (Å²) in [4.78, 5) is 4.24. The van der Waals surface area contributed by atoms with Crippen molar-refractivity contribution in [2.45, 2.75) is 38.5 Å². The smallest absolute Gasteiger partial charge is 0.131 e. The Hall–Kier alpha value is -3.94. The molecule has 0 atom stereocenters. The largest absolute Gasteiger partial charge is 0.192 e. The van der Waals surface area contributed by atoms with Crippen molar-refractivity contribution in [2.75, 3.05) is 0 Å². The minimum atomic E-state index is -0.205. The van der Waals surface area contributed by atoms with Crippen LogP contribution in [0.25, 0.3) is 33.0 Å².